The molecule has 1 aromatic heterocycles. The molecule has 0 saturated carbocycles. The summed E-state index contributed by atoms with van der Waals surface area (Å²) in [6, 6.07) is 14.2. The molecule has 0 bridgehead atoms. The van der Waals surface area contributed by atoms with Gasteiger partial charge in [-0.05, 0) is 80.9 Å². The summed E-state index contributed by atoms with van der Waals surface area (Å²) in [6.45, 7) is 5.30. The average molecular weight is 471 g/mol. The van der Waals surface area contributed by atoms with Gasteiger partial charge >= 0.3 is 0 Å². The van der Waals surface area contributed by atoms with Crippen LogP contribution in [-0.2, 0) is 21.2 Å². The van der Waals surface area contributed by atoms with E-state index in [1.807, 2.05) is 6.92 Å². The van der Waals surface area contributed by atoms with Crippen LogP contribution >= 0.6 is 0 Å². The molecule has 9 heteroatoms. The zero-order chi connectivity index (χ0) is 24.2. The first-order valence-electron chi connectivity index (χ1n) is 10.3. The van der Waals surface area contributed by atoms with Gasteiger partial charge in [0.2, 0.25) is 15.7 Å². The molecule has 3 aromatic rings. The predicted octanol–water partition coefficient (Wildman–Crippen LogP) is 3.34. The molecule has 1 N–H and O–H groups in total. The van der Waals surface area contributed by atoms with Crippen LogP contribution in [0.5, 0.6) is 11.5 Å². The maximum Gasteiger partial charge on any atom is 0.270 e. The lowest BCUT2D eigenvalue weighted by molar-refractivity contribution is -0.116. The Balaban J connectivity index is 1.91. The Morgan fingerprint density at radius 1 is 1.00 bits per heavy atom. The number of benzene rings is 2. The van der Waals surface area contributed by atoms with E-state index < -0.39 is 21.3 Å². The highest BCUT2D eigenvalue weighted by Crippen LogP contribution is 2.24. The topological polar surface area (TPSA) is 104 Å². The molecule has 1 amide bonds. The smallest absolute Gasteiger partial charge is 0.270 e. The number of aryl methyl sites for hydroxylation is 2. The van der Waals surface area contributed by atoms with Crippen LogP contribution < -0.4 is 20.3 Å². The number of methoxy groups -OCH3 is 1. The summed E-state index contributed by atoms with van der Waals surface area (Å²) in [6.07, 6.45) is 0. The molecular weight excluding hydrogens is 444 g/mol. The van der Waals surface area contributed by atoms with Gasteiger partial charge in [0, 0.05) is 11.4 Å². The van der Waals surface area contributed by atoms with E-state index in [4.69, 9.17) is 9.47 Å². The molecule has 0 aliphatic carbocycles. The zero-order valence-electron chi connectivity index (χ0n) is 18.9. The number of carbonyl (C=O) groups excluding carboxylic acids is 1. The van der Waals surface area contributed by atoms with Crippen molar-refractivity contribution < 1.29 is 22.7 Å². The molecule has 3 rings (SSSR count). The van der Waals surface area contributed by atoms with Crippen molar-refractivity contribution in [3.63, 3.8) is 0 Å². The standard InChI is InChI=1S/C24H26N2O6S/c1-5-32-20-8-6-18(7-9-20)25-22(27)15-26-17(3)14-16(2)23(24(26)28)33(29,30)21-12-10-19(31-4)11-13-21/h6-14H,5,15H2,1-4H3,(H,25,27). The number of carbonyl (C=O) groups is 1. The fourth-order valence-corrected chi connectivity index (χ4v) is 5.00. The lowest BCUT2D eigenvalue weighted by atomic mass is 10.2. The van der Waals surface area contributed by atoms with Gasteiger partial charge in [0.15, 0.2) is 0 Å². The molecule has 0 aliphatic heterocycles. The van der Waals surface area contributed by atoms with Crippen LogP contribution in [0.3, 0.4) is 0 Å². The number of ether oxygens (including phenoxy) is 2. The van der Waals surface area contributed by atoms with Crippen molar-refractivity contribution in [3.8, 4) is 11.5 Å². The minimum atomic E-state index is -4.10. The minimum Gasteiger partial charge on any atom is -0.497 e. The van der Waals surface area contributed by atoms with Gasteiger partial charge in [0.05, 0.1) is 18.6 Å². The molecule has 0 saturated heterocycles. The van der Waals surface area contributed by atoms with Gasteiger partial charge in [-0.1, -0.05) is 0 Å². The summed E-state index contributed by atoms with van der Waals surface area (Å²) in [5, 5.41) is 2.71. The molecule has 0 unspecified atom stereocenters. The Hall–Kier alpha value is -3.59. The number of sulfone groups is 1. The number of rotatable bonds is 8. The number of aromatic nitrogens is 1. The first kappa shape index (κ1) is 24.1. The number of amides is 1. The van der Waals surface area contributed by atoms with Crippen molar-refractivity contribution in [2.45, 2.75) is 37.1 Å². The van der Waals surface area contributed by atoms with Crippen LogP contribution in [0.1, 0.15) is 18.2 Å². The van der Waals surface area contributed by atoms with Gasteiger partial charge in [0.25, 0.3) is 5.56 Å². The van der Waals surface area contributed by atoms with Crippen LogP contribution in [0.2, 0.25) is 0 Å². The van der Waals surface area contributed by atoms with E-state index in [-0.39, 0.29) is 16.3 Å². The average Bonchev–Trinajstić information content (AvgIpc) is 2.78. The van der Waals surface area contributed by atoms with E-state index in [0.717, 1.165) is 4.57 Å². The largest absolute Gasteiger partial charge is 0.497 e. The van der Waals surface area contributed by atoms with E-state index in [1.54, 1.807) is 44.2 Å². The predicted molar refractivity (Wildman–Crippen MR) is 125 cm³/mol. The Kier molecular flexibility index (Phi) is 7.23. The van der Waals surface area contributed by atoms with Crippen molar-refractivity contribution in [1.82, 2.24) is 4.57 Å². The molecule has 8 nitrogen and oxygen atoms in total. The van der Waals surface area contributed by atoms with E-state index in [2.05, 4.69) is 5.32 Å². The highest BCUT2D eigenvalue weighted by atomic mass is 32.2. The van der Waals surface area contributed by atoms with Crippen LogP contribution in [0.25, 0.3) is 0 Å². The molecule has 0 fully saturated rings. The van der Waals surface area contributed by atoms with E-state index in [0.29, 0.717) is 35.1 Å². The second-order valence-electron chi connectivity index (χ2n) is 7.37. The van der Waals surface area contributed by atoms with Crippen molar-refractivity contribution in [1.29, 1.82) is 0 Å². The van der Waals surface area contributed by atoms with Gasteiger partial charge in [-0.25, -0.2) is 8.42 Å². The number of pyridine rings is 1. The summed E-state index contributed by atoms with van der Waals surface area (Å²) in [4.78, 5) is 25.5. The first-order valence-corrected chi connectivity index (χ1v) is 11.8. The fourth-order valence-electron chi connectivity index (χ4n) is 3.45. The summed E-state index contributed by atoms with van der Waals surface area (Å²) < 4.78 is 38.1. The van der Waals surface area contributed by atoms with Crippen LogP contribution in [-0.4, -0.2) is 32.6 Å². The molecule has 0 atom stereocenters. The van der Waals surface area contributed by atoms with Gasteiger partial charge in [-0.15, -0.1) is 0 Å². The summed E-state index contributed by atoms with van der Waals surface area (Å²) in [7, 11) is -2.63. The monoisotopic (exact) mass is 470 g/mol. The van der Waals surface area contributed by atoms with Crippen molar-refractivity contribution in [3.05, 3.63) is 76.2 Å². The molecule has 0 aliphatic rings. The Morgan fingerprint density at radius 3 is 2.18 bits per heavy atom. The van der Waals surface area contributed by atoms with Gasteiger partial charge in [-0.2, -0.15) is 0 Å². The third-order valence-corrected chi connectivity index (χ3v) is 6.96. The lowest BCUT2D eigenvalue weighted by Gasteiger charge is -2.15. The minimum absolute atomic E-state index is 0.0299. The van der Waals surface area contributed by atoms with Crippen molar-refractivity contribution in [2.75, 3.05) is 19.0 Å². The van der Waals surface area contributed by atoms with Crippen molar-refractivity contribution >= 4 is 21.4 Å². The van der Waals surface area contributed by atoms with Crippen molar-refractivity contribution in [2.24, 2.45) is 0 Å². The van der Waals surface area contributed by atoms with Gasteiger partial charge in [-0.3, -0.25) is 9.59 Å². The highest BCUT2D eigenvalue weighted by Gasteiger charge is 2.26. The molecule has 1 heterocycles. The van der Waals surface area contributed by atoms with E-state index in [9.17, 15) is 18.0 Å². The Bertz CT molecular complexity index is 1310. The second kappa shape index (κ2) is 9.91. The van der Waals surface area contributed by atoms with Gasteiger partial charge in [0.1, 0.15) is 22.9 Å². The number of hydrogen-bond acceptors (Lipinski definition) is 6. The molecule has 174 valence electrons. The molecular formula is C24H26N2O6S. The molecule has 0 spiro atoms. The SMILES string of the molecule is CCOc1ccc(NC(=O)Cn2c(C)cc(C)c(S(=O)(=O)c3ccc(OC)cc3)c2=O)cc1. The molecule has 33 heavy (non-hydrogen) atoms. The van der Waals surface area contributed by atoms with Gasteiger partial charge < -0.3 is 19.4 Å². The third kappa shape index (κ3) is 5.25. The van der Waals surface area contributed by atoms with Crippen LogP contribution in [0.4, 0.5) is 5.69 Å². The van der Waals surface area contributed by atoms with Crippen LogP contribution in [0, 0.1) is 13.8 Å². The summed E-state index contributed by atoms with van der Waals surface area (Å²) >= 11 is 0. The highest BCUT2D eigenvalue weighted by molar-refractivity contribution is 7.91. The number of hydrogen-bond donors (Lipinski definition) is 1. The first-order chi connectivity index (χ1) is 15.7. The molecule has 2 aromatic carbocycles. The Morgan fingerprint density at radius 2 is 1.61 bits per heavy atom. The normalized spacial score (nSPS) is 11.2. The third-order valence-electron chi connectivity index (χ3n) is 5.04. The zero-order valence-corrected chi connectivity index (χ0v) is 19.7. The maximum absolute atomic E-state index is 13.2. The lowest BCUT2D eigenvalue weighted by Crippen LogP contribution is -2.33. The maximum atomic E-state index is 13.2. The summed E-state index contributed by atoms with van der Waals surface area (Å²) in [5.41, 5.74) is 0.585. The number of anilines is 1. The number of nitrogens with zero attached hydrogens (tertiary/aromatic N) is 1. The van der Waals surface area contributed by atoms with Crippen LogP contribution in [0.15, 0.2) is 69.2 Å². The quantitative estimate of drug-likeness (QED) is 0.542. The fraction of sp³-hybridized carbons (Fsp3) is 0.250. The second-order valence-corrected chi connectivity index (χ2v) is 9.26. The Labute approximate surface area is 192 Å². The summed E-state index contributed by atoms with van der Waals surface area (Å²) in [5.74, 6) is 0.716. The molecule has 0 radical (unpaired) electrons. The van der Waals surface area contributed by atoms with E-state index >= 15 is 0 Å². The number of nitrogens with one attached hydrogen (secondary N) is 1. The van der Waals surface area contributed by atoms with E-state index in [1.165, 1.54) is 31.4 Å².